The number of nitrogens with zero attached hydrogens (tertiary/aromatic N) is 1. The van der Waals surface area contributed by atoms with Crippen molar-refractivity contribution < 1.29 is 54.2 Å². The number of Topliss-reactive ketones (excluding diaryl/α,β-unsaturated/α-hetero) is 1. The molecule has 0 aliphatic carbocycles. The summed E-state index contributed by atoms with van der Waals surface area (Å²) in [6, 6.07) is 1.18. The molecule has 13 heteroatoms. The zero-order valence-corrected chi connectivity index (χ0v) is 17.6. The van der Waals surface area contributed by atoms with E-state index in [1.807, 2.05) is 0 Å². The first kappa shape index (κ1) is 26.4. The summed E-state index contributed by atoms with van der Waals surface area (Å²) in [4.78, 5) is 25.8. The molecule has 0 bridgehead atoms. The summed E-state index contributed by atoms with van der Waals surface area (Å²) in [6.07, 6.45) is -17.3. The number of ketones is 1. The average molecular weight is 513 g/mol. The minimum atomic E-state index is -5.24. The lowest BCUT2D eigenvalue weighted by atomic mass is 9.79. The lowest BCUT2D eigenvalue weighted by Gasteiger charge is -2.39. The topological polar surface area (TPSA) is 57.6 Å². The summed E-state index contributed by atoms with van der Waals surface area (Å²) in [7, 11) is 0. The second-order valence-corrected chi connectivity index (χ2v) is 7.93. The molecule has 0 saturated carbocycles. The molecule has 0 unspecified atom stereocenters. The van der Waals surface area contributed by atoms with Crippen LogP contribution in [0.5, 0.6) is 0 Å². The van der Waals surface area contributed by atoms with Gasteiger partial charge in [0.25, 0.3) is 0 Å². The van der Waals surface area contributed by atoms with Crippen LogP contribution < -0.4 is 4.90 Å². The van der Waals surface area contributed by atoms with Gasteiger partial charge in [0.2, 0.25) is 0 Å². The fourth-order valence-electron chi connectivity index (χ4n) is 4.09. The Morgan fingerprint density at radius 3 is 1.80 bits per heavy atom. The van der Waals surface area contributed by atoms with Crippen LogP contribution >= 0.6 is 0 Å². The third-order valence-electron chi connectivity index (χ3n) is 5.73. The first-order chi connectivity index (χ1) is 15.9. The minimum absolute atomic E-state index is 0.0763. The van der Waals surface area contributed by atoms with Crippen molar-refractivity contribution in [3.8, 4) is 0 Å². The third kappa shape index (κ3) is 5.22. The maximum atomic E-state index is 13.3. The highest BCUT2D eigenvalue weighted by Crippen LogP contribution is 2.45. The van der Waals surface area contributed by atoms with Crippen molar-refractivity contribution in [1.29, 1.82) is 0 Å². The quantitative estimate of drug-likeness (QED) is 0.344. The molecule has 3 rings (SSSR count). The zero-order valence-electron chi connectivity index (χ0n) is 17.6. The van der Waals surface area contributed by atoms with E-state index in [9.17, 15) is 54.2 Å². The number of rotatable bonds is 3. The molecule has 0 aromatic heterocycles. The fourth-order valence-corrected chi connectivity index (χ4v) is 4.09. The summed E-state index contributed by atoms with van der Waals surface area (Å²) in [5.41, 5.74) is -6.52. The van der Waals surface area contributed by atoms with Crippen molar-refractivity contribution in [2.75, 3.05) is 4.90 Å². The minimum Gasteiger partial charge on any atom is -0.465 e. The van der Waals surface area contributed by atoms with Gasteiger partial charge in [-0.2, -0.15) is 39.5 Å². The van der Waals surface area contributed by atoms with Crippen LogP contribution in [-0.2, 0) is 18.5 Å². The number of anilines is 1. The maximum Gasteiger partial charge on any atom is 0.416 e. The molecule has 2 atom stereocenters. The zero-order chi connectivity index (χ0) is 26.5. The maximum absolute atomic E-state index is 13.3. The predicted octanol–water partition coefficient (Wildman–Crippen LogP) is 7.38. The Balaban J connectivity index is 2.23. The van der Waals surface area contributed by atoms with E-state index in [4.69, 9.17) is 0 Å². The largest absolute Gasteiger partial charge is 0.465 e. The molecular weight excluding hydrogens is 497 g/mol. The lowest BCUT2D eigenvalue weighted by Crippen LogP contribution is -2.45. The van der Waals surface area contributed by atoms with Crippen LogP contribution in [0.25, 0.3) is 0 Å². The van der Waals surface area contributed by atoms with E-state index in [-0.39, 0.29) is 30.3 Å². The van der Waals surface area contributed by atoms with Gasteiger partial charge >= 0.3 is 24.6 Å². The van der Waals surface area contributed by atoms with Crippen LogP contribution in [0.2, 0.25) is 0 Å². The van der Waals surface area contributed by atoms with Crippen molar-refractivity contribution in [2.24, 2.45) is 0 Å². The van der Waals surface area contributed by atoms with Crippen molar-refractivity contribution in [1.82, 2.24) is 0 Å². The fraction of sp³-hybridized carbons (Fsp3) is 0.364. The van der Waals surface area contributed by atoms with Gasteiger partial charge in [-0.15, -0.1) is 0 Å². The highest BCUT2D eigenvalue weighted by atomic mass is 19.4. The molecule has 1 heterocycles. The van der Waals surface area contributed by atoms with Crippen LogP contribution in [0.3, 0.4) is 0 Å². The summed E-state index contributed by atoms with van der Waals surface area (Å²) in [5.74, 6) is -2.90. The van der Waals surface area contributed by atoms with Crippen LogP contribution in [0.1, 0.15) is 58.3 Å². The van der Waals surface area contributed by atoms with Gasteiger partial charge < -0.3 is 5.11 Å². The van der Waals surface area contributed by atoms with E-state index in [1.165, 1.54) is 6.92 Å². The van der Waals surface area contributed by atoms with Crippen molar-refractivity contribution in [3.05, 3.63) is 64.2 Å². The highest BCUT2D eigenvalue weighted by molar-refractivity contribution is 6.04. The Kier molecular flexibility index (Phi) is 6.59. The van der Waals surface area contributed by atoms with Crippen molar-refractivity contribution >= 4 is 17.6 Å². The number of amides is 1. The number of fused-ring (bicyclic) bond motifs is 1. The molecule has 1 amide bonds. The van der Waals surface area contributed by atoms with E-state index in [1.54, 1.807) is 0 Å². The summed E-state index contributed by atoms with van der Waals surface area (Å²) in [5, 5.41) is 9.58. The van der Waals surface area contributed by atoms with E-state index >= 15 is 0 Å². The van der Waals surface area contributed by atoms with Crippen LogP contribution in [0.15, 0.2) is 36.4 Å². The monoisotopic (exact) mass is 513 g/mol. The van der Waals surface area contributed by atoms with E-state index in [2.05, 4.69) is 0 Å². The third-order valence-corrected chi connectivity index (χ3v) is 5.73. The first-order valence-corrected chi connectivity index (χ1v) is 10.0. The molecule has 190 valence electrons. The van der Waals surface area contributed by atoms with Crippen molar-refractivity contribution in [3.63, 3.8) is 0 Å². The molecule has 0 saturated heterocycles. The molecule has 4 nitrogen and oxygen atoms in total. The Bertz CT molecular complexity index is 1120. The van der Waals surface area contributed by atoms with Gasteiger partial charge in [-0.3, -0.25) is 9.69 Å². The Morgan fingerprint density at radius 2 is 1.37 bits per heavy atom. The number of hydrogen-bond donors (Lipinski definition) is 1. The number of hydrogen-bond acceptors (Lipinski definition) is 2. The van der Waals surface area contributed by atoms with Gasteiger partial charge in [0.05, 0.1) is 28.3 Å². The molecule has 2 aromatic carbocycles. The number of carbonyl (C=O) groups excluding carboxylic acids is 1. The molecule has 35 heavy (non-hydrogen) atoms. The average Bonchev–Trinajstić information content (AvgIpc) is 2.74. The normalized spacial score (nSPS) is 18.9. The molecule has 0 fully saturated rings. The number of benzene rings is 2. The number of alkyl halides is 9. The van der Waals surface area contributed by atoms with Gasteiger partial charge in [-0.1, -0.05) is 6.92 Å². The van der Waals surface area contributed by atoms with Gasteiger partial charge in [0.15, 0.2) is 5.78 Å². The SMILES string of the molecule is CC[C@@H]1C[C@H](C(=O)c2cc(C(F)(F)F)cc(C(F)(F)F)c2)c2cc(C(F)(F)F)ccc2N1C(=O)O. The second-order valence-electron chi connectivity index (χ2n) is 7.93. The summed E-state index contributed by atoms with van der Waals surface area (Å²) in [6.45, 7) is 1.52. The highest BCUT2D eigenvalue weighted by Gasteiger charge is 2.43. The van der Waals surface area contributed by atoms with Gasteiger partial charge in [-0.25, -0.2) is 4.79 Å². The molecule has 2 aromatic rings. The van der Waals surface area contributed by atoms with Crippen molar-refractivity contribution in [2.45, 2.75) is 50.3 Å². The Morgan fingerprint density at radius 1 is 0.857 bits per heavy atom. The number of carboxylic acid groups (broad SMARTS) is 1. The smallest absolute Gasteiger partial charge is 0.416 e. The van der Waals surface area contributed by atoms with Crippen LogP contribution in [-0.4, -0.2) is 23.0 Å². The summed E-state index contributed by atoms with van der Waals surface area (Å²) >= 11 is 0. The molecule has 0 spiro atoms. The number of carbonyl (C=O) groups is 2. The number of halogens is 9. The van der Waals surface area contributed by atoms with Gasteiger partial charge in [-0.05, 0) is 54.8 Å². The Hall–Kier alpha value is -3.25. The Labute approximate surface area is 191 Å². The molecule has 1 aliphatic rings. The predicted molar refractivity (Wildman–Crippen MR) is 104 cm³/mol. The van der Waals surface area contributed by atoms with E-state index < -0.39 is 76.6 Å². The molecule has 1 N–H and O–H groups in total. The summed E-state index contributed by atoms with van der Waals surface area (Å²) < 4.78 is 119. The molecular formula is C22H16F9NO3. The molecule has 1 aliphatic heterocycles. The van der Waals surface area contributed by atoms with E-state index in [0.29, 0.717) is 12.1 Å². The second kappa shape index (κ2) is 8.76. The standard InChI is InChI=1S/C22H16F9NO3/c1-2-14-9-16(15-8-11(20(23,24)25)3-4-17(15)32(14)19(34)35)18(33)10-5-12(21(26,27)28)7-13(6-10)22(29,30)31/h3-8,14,16H,2,9H2,1H3,(H,34,35)/t14-,16+/m1/s1. The first-order valence-electron chi connectivity index (χ1n) is 10.0. The lowest BCUT2D eigenvalue weighted by molar-refractivity contribution is -0.143. The van der Waals surface area contributed by atoms with Gasteiger partial charge in [0.1, 0.15) is 0 Å². The van der Waals surface area contributed by atoms with Crippen LogP contribution in [0, 0.1) is 0 Å². The van der Waals surface area contributed by atoms with Gasteiger partial charge in [0, 0.05) is 11.6 Å². The van der Waals surface area contributed by atoms with Crippen LogP contribution in [0.4, 0.5) is 50.0 Å². The molecule has 0 radical (unpaired) electrons. The van der Waals surface area contributed by atoms with E-state index in [0.717, 1.165) is 11.0 Å².